The van der Waals surface area contributed by atoms with E-state index in [1.165, 1.54) is 41.1 Å². The molecule has 1 atom stereocenters. The molecule has 146 heavy (non-hydrogen) atoms. The van der Waals surface area contributed by atoms with Crippen molar-refractivity contribution in [3.05, 3.63) is 360 Å². The van der Waals surface area contributed by atoms with Gasteiger partial charge < -0.3 is 33.3 Å². The second-order valence-electron chi connectivity index (χ2n) is 38.4. The molecule has 31 nitrogen and oxygen atoms in total. The molecule has 1 unspecified atom stereocenters. The molecule has 12 aromatic rings. The Labute approximate surface area is 841 Å². The van der Waals surface area contributed by atoms with E-state index in [1.807, 2.05) is 29.2 Å². The van der Waals surface area contributed by atoms with Gasteiger partial charge in [-0.2, -0.15) is 9.49 Å². The minimum atomic E-state index is -0.758. The van der Waals surface area contributed by atoms with Crippen LogP contribution in [0.3, 0.4) is 0 Å². The Morgan fingerprint density at radius 1 is 0.397 bits per heavy atom. The molecule has 37 heteroatoms. The lowest BCUT2D eigenvalue weighted by Gasteiger charge is -2.31. The number of carbonyl (C=O) groups excluding carboxylic acids is 4. The average molecular weight is 2010 g/mol. The SMILES string of the molecule is Cc1cnc(CN2CCC(C(=O)Cc3ccccc3F)CC2)c(=O)[nH]1.Cn1ccnc(CN2CCC(C(=O)Cc3ccccc3F)CC2)c1=O.Cn1ccnc(CN2CCC(COc3ccccc3F)CC2)c1=O.O=C(C1CCN(Cc2ncc[nH]c2=O)CC1)C1OCc2ccccc21.O=C(Cc1ccccc1F)C1CCN(Cc2ncc(F)[nH]c2=O)CC1.O=c1[nH]nc(CC2CCC(COc3ccccc3F)CC2)[nH]1. The Bertz CT molecular complexity index is 6570. The molecule has 0 bridgehead atoms. The van der Waals surface area contributed by atoms with E-state index >= 15 is 0 Å². The summed E-state index contributed by atoms with van der Waals surface area (Å²) < 4.78 is 101. The van der Waals surface area contributed by atoms with Crippen LogP contribution >= 0.6 is 0 Å². The van der Waals surface area contributed by atoms with E-state index in [2.05, 4.69) is 74.7 Å². The first-order valence-electron chi connectivity index (χ1n) is 50.0. The number of aryl methyl sites for hydroxylation is 3. The topological polar surface area (TPSA) is 381 Å². The highest BCUT2D eigenvalue weighted by atomic mass is 19.1. The fraction of sp³-hybridized carbons (Fsp3) is 0.431. The number of carbonyl (C=O) groups is 4. The second-order valence-corrected chi connectivity index (χ2v) is 38.4. The number of hydrogen-bond acceptors (Lipinski definition) is 24. The number of aromatic amines is 5. The number of fused-ring (bicyclic) bond motifs is 1. The van der Waals surface area contributed by atoms with Gasteiger partial charge >= 0.3 is 5.69 Å². The van der Waals surface area contributed by atoms with Gasteiger partial charge in [0.2, 0.25) is 5.95 Å². The molecular formula is C109H126F6N18O13. The normalized spacial score (nSPS) is 17.8. The summed E-state index contributed by atoms with van der Waals surface area (Å²) in [6.07, 6.45) is 25.3. The fourth-order valence-corrected chi connectivity index (χ4v) is 19.3. The monoisotopic (exact) mass is 2010 g/mol. The van der Waals surface area contributed by atoms with Crippen molar-refractivity contribution < 1.29 is 59.7 Å². The molecule has 7 aliphatic rings. The van der Waals surface area contributed by atoms with Gasteiger partial charge in [-0.3, -0.25) is 97.6 Å². The second kappa shape index (κ2) is 53.9. The molecule has 19 rings (SSSR count). The number of H-pyrrole nitrogens is 5. The largest absolute Gasteiger partial charge is 0.490 e. The highest BCUT2D eigenvalue weighted by Crippen LogP contribution is 2.37. The number of ketones is 4. The molecule has 0 spiro atoms. The number of rotatable bonds is 29. The summed E-state index contributed by atoms with van der Waals surface area (Å²) in [5, 5.41) is 6.35. The first kappa shape index (κ1) is 108. The van der Waals surface area contributed by atoms with Crippen LogP contribution in [0.5, 0.6) is 11.5 Å². The van der Waals surface area contributed by atoms with Crippen molar-refractivity contribution in [1.82, 2.24) is 88.7 Å². The van der Waals surface area contributed by atoms with Crippen molar-refractivity contribution in [3.8, 4) is 11.5 Å². The molecule has 12 heterocycles. The van der Waals surface area contributed by atoms with E-state index in [-0.39, 0.29) is 129 Å². The van der Waals surface area contributed by atoms with Gasteiger partial charge in [-0.15, -0.1) is 0 Å². The summed E-state index contributed by atoms with van der Waals surface area (Å²) in [5.41, 5.74) is 5.45. The molecule has 6 aromatic carbocycles. The molecule has 0 radical (unpaired) electrons. The van der Waals surface area contributed by atoms with E-state index in [0.29, 0.717) is 147 Å². The van der Waals surface area contributed by atoms with Crippen LogP contribution in [0.15, 0.2) is 224 Å². The molecular weight excluding hydrogens is 1880 g/mol. The number of likely N-dealkylation sites (tertiary alicyclic amines) is 5. The zero-order chi connectivity index (χ0) is 103. The Balaban J connectivity index is 0.000000139. The highest BCUT2D eigenvalue weighted by molar-refractivity contribution is 5.88. The predicted octanol–water partition coefficient (Wildman–Crippen LogP) is 13.0. The third kappa shape index (κ3) is 31.9. The van der Waals surface area contributed by atoms with Crippen LogP contribution in [0.4, 0.5) is 26.3 Å². The first-order chi connectivity index (χ1) is 70.6. The number of benzene rings is 6. The predicted molar refractivity (Wildman–Crippen MR) is 535 cm³/mol. The van der Waals surface area contributed by atoms with Crippen LogP contribution in [-0.4, -0.2) is 190 Å². The van der Waals surface area contributed by atoms with E-state index in [0.717, 1.165) is 165 Å². The van der Waals surface area contributed by atoms with Gasteiger partial charge in [0.05, 0.1) is 26.0 Å². The van der Waals surface area contributed by atoms with Gasteiger partial charge in [-0.1, -0.05) is 103 Å². The maximum atomic E-state index is 13.7. The van der Waals surface area contributed by atoms with Crippen LogP contribution in [0.25, 0.3) is 0 Å². The van der Waals surface area contributed by atoms with Crippen molar-refractivity contribution in [3.63, 3.8) is 0 Å². The third-order valence-electron chi connectivity index (χ3n) is 28.1. The highest BCUT2D eigenvalue weighted by Gasteiger charge is 2.37. The standard InChI is InChI=1S/2C19H22FN3O2.C19H21N3O3.C18H19F2N3O2.C18H22FN3O2.C16H20FN3O2/c1-22-11-8-21-17(19(22)25)13-23-9-6-14(7-10-23)18(24)12-15-4-2-3-5-16(15)20;1-13-11-21-17(19(25)22-13)12-23-8-6-14(7-9-23)18(24)10-15-4-2-3-5-16(15)20;23-17(18-15-4-2-1-3-14(15)12-25-18)13-5-9-22(10-6-13)11-16-19(24)21-8-7-20-16;19-14-4-2-1-3-13(14)9-16(24)12-5-7-23(8-6-12)11-15-18(25)22-17(20)10-21-15;1-21-11-8-20-16(18(21)23)12-22-9-6-14(7-10-22)13-24-17-5-3-2-4-15(17)19;17-13-3-1-2-4-14(13)22-10-12-7-5-11(6-8-12)9-15-18-16(21)20-19-15/h2-5,8,11,14H,6-7,9-10,12-13H2,1H3;2-5,11,14H,6-10,12H2,1H3,(H,22,25);1-4,7-8,13,18H,5-6,9-12H2,(H,21,24);1-4,10,12H,5-9,11H2,(H,22,25);2-5,8,11,14H,6-7,9-10,12-13H2,1H3;1-4,11-12H,5-10H2,(H2,18,19,20,21). The first-order valence-corrected chi connectivity index (χ1v) is 50.0. The van der Waals surface area contributed by atoms with Crippen LogP contribution < -0.4 is 43.0 Å². The smallest absolute Gasteiger partial charge is 0.340 e. The molecule has 6 fully saturated rings. The van der Waals surface area contributed by atoms with E-state index in [9.17, 15) is 74.3 Å². The maximum Gasteiger partial charge on any atom is 0.340 e. The van der Waals surface area contributed by atoms with Crippen LogP contribution in [0.2, 0.25) is 0 Å². The van der Waals surface area contributed by atoms with Gasteiger partial charge in [-0.25, -0.2) is 36.8 Å². The summed E-state index contributed by atoms with van der Waals surface area (Å²) in [6.45, 7) is 13.5. The Hall–Kier alpha value is -13.7. The van der Waals surface area contributed by atoms with Crippen molar-refractivity contribution in [2.45, 2.75) is 168 Å². The molecule has 1 saturated carbocycles. The molecule has 6 aromatic heterocycles. The molecule has 0 amide bonds. The number of ether oxygens (including phenoxy) is 3. The molecule has 5 N–H and O–H groups in total. The molecule has 6 aliphatic heterocycles. The van der Waals surface area contributed by atoms with Crippen LogP contribution in [0.1, 0.15) is 164 Å². The Morgan fingerprint density at radius 2 is 0.774 bits per heavy atom. The van der Waals surface area contributed by atoms with Gasteiger partial charge in [0.1, 0.15) is 75.2 Å². The van der Waals surface area contributed by atoms with Crippen molar-refractivity contribution >= 4 is 23.1 Å². The van der Waals surface area contributed by atoms with Gasteiger partial charge in [0.15, 0.2) is 28.9 Å². The number of nitrogens with zero attached hydrogens (tertiary/aromatic N) is 13. The minimum absolute atomic E-state index is 0.0226. The summed E-state index contributed by atoms with van der Waals surface area (Å²) in [4.78, 5) is 162. The average Bonchev–Trinajstić information content (AvgIpc) is 1.66. The number of halogens is 6. The zero-order valence-electron chi connectivity index (χ0n) is 82.4. The van der Waals surface area contributed by atoms with Crippen molar-refractivity contribution in [2.24, 2.45) is 55.5 Å². The fourth-order valence-electron chi connectivity index (χ4n) is 19.3. The number of nitrogens with one attached hydrogen (secondary N) is 5. The molecule has 5 saturated heterocycles. The summed E-state index contributed by atoms with van der Waals surface area (Å²) in [7, 11) is 3.45. The lowest BCUT2D eigenvalue weighted by Crippen LogP contribution is -2.38. The van der Waals surface area contributed by atoms with E-state index in [4.69, 9.17) is 14.2 Å². The number of piperidine rings is 5. The Morgan fingerprint density at radius 3 is 1.20 bits per heavy atom. The maximum absolute atomic E-state index is 13.7. The molecule has 1 aliphatic carbocycles. The zero-order valence-corrected chi connectivity index (χ0v) is 82.4. The summed E-state index contributed by atoms with van der Waals surface area (Å²) in [6, 6.07) is 40.1. The van der Waals surface area contributed by atoms with Gasteiger partial charge in [0, 0.05) is 145 Å². The lowest BCUT2D eigenvalue weighted by molar-refractivity contribution is -0.136. The number of hydrogen-bond donors (Lipinski definition) is 5. The van der Waals surface area contributed by atoms with Crippen LogP contribution in [-0.2, 0) is 103 Å². The quantitative estimate of drug-likeness (QED) is 0.0272. The number of aromatic nitrogens is 13. The number of Topliss-reactive ketones (excluding diaryl/α,β-unsaturated/α-hetero) is 4. The van der Waals surface area contributed by atoms with Crippen molar-refractivity contribution in [1.29, 1.82) is 0 Å². The summed E-state index contributed by atoms with van der Waals surface area (Å²) >= 11 is 0. The van der Waals surface area contributed by atoms with Gasteiger partial charge in [-0.05, 0) is 250 Å². The van der Waals surface area contributed by atoms with Crippen LogP contribution in [0, 0.1) is 83.4 Å². The van der Waals surface area contributed by atoms with Gasteiger partial charge in [0.25, 0.3) is 27.8 Å². The van der Waals surface area contributed by atoms with E-state index < -0.39 is 17.6 Å². The lowest BCUT2D eigenvalue weighted by atomic mass is 9.81. The number of para-hydroxylation sites is 2. The molecule has 772 valence electrons. The third-order valence-corrected chi connectivity index (χ3v) is 28.1. The minimum Gasteiger partial charge on any atom is -0.490 e. The Kier molecular flexibility index (Phi) is 39.9. The van der Waals surface area contributed by atoms with E-state index in [1.54, 1.807) is 154 Å². The summed E-state index contributed by atoms with van der Waals surface area (Å²) in [5.74, 6) is 0.694. The van der Waals surface area contributed by atoms with Crippen molar-refractivity contribution in [2.75, 3.05) is 78.7 Å².